The van der Waals surface area contributed by atoms with Gasteiger partial charge in [0, 0.05) is 46.1 Å². The summed E-state index contributed by atoms with van der Waals surface area (Å²) >= 11 is 7.31. The third-order valence-corrected chi connectivity index (χ3v) is 6.73. The number of hydrogen-bond acceptors (Lipinski definition) is 4. The molecule has 9 heteroatoms. The average molecular weight is 565 g/mol. The number of nitrogens with zero attached hydrogens (tertiary/aromatic N) is 5. The van der Waals surface area contributed by atoms with Crippen LogP contribution in [0.4, 0.5) is 4.79 Å². The van der Waals surface area contributed by atoms with E-state index in [9.17, 15) is 10.3 Å². The highest BCUT2D eigenvalue weighted by Gasteiger charge is 2.35. The van der Waals surface area contributed by atoms with E-state index >= 15 is 0 Å². The molecule has 1 fully saturated rings. The Hall–Kier alpha value is -2.06. The van der Waals surface area contributed by atoms with Gasteiger partial charge in [-0.2, -0.15) is 0 Å². The Balaban J connectivity index is 1.93. The van der Waals surface area contributed by atoms with Crippen LogP contribution >= 0.6 is 31.9 Å². The number of amides is 1. The van der Waals surface area contributed by atoms with Crippen LogP contribution in [0.3, 0.4) is 0 Å². The van der Waals surface area contributed by atoms with Crippen LogP contribution in [0.25, 0.3) is 10.4 Å². The van der Waals surface area contributed by atoms with Crippen molar-refractivity contribution in [2.45, 2.75) is 38.5 Å². The quantitative estimate of drug-likeness (QED) is 0.226. The number of rotatable bonds is 5. The van der Waals surface area contributed by atoms with Gasteiger partial charge in [-0.05, 0) is 49.6 Å². The zero-order valence-corrected chi connectivity index (χ0v) is 21.6. The van der Waals surface area contributed by atoms with Gasteiger partial charge in [0.25, 0.3) is 0 Å². The molecule has 0 N–H and O–H groups in total. The van der Waals surface area contributed by atoms with Gasteiger partial charge in [-0.15, -0.1) is 0 Å². The predicted octanol–water partition coefficient (Wildman–Crippen LogP) is 6.86. The molecule has 7 nitrogen and oxygen atoms in total. The summed E-state index contributed by atoms with van der Waals surface area (Å²) in [6.45, 7) is 7.94. The second-order valence-electron chi connectivity index (χ2n) is 8.64. The van der Waals surface area contributed by atoms with E-state index in [0.29, 0.717) is 26.2 Å². The summed E-state index contributed by atoms with van der Waals surface area (Å²) in [6, 6.07) is 15.1. The fraction of sp³-hybridized carbons (Fsp3) is 0.435. The highest BCUT2D eigenvalue weighted by molar-refractivity contribution is 9.10. The molecular formula is C23H27Br2N5O2. The van der Waals surface area contributed by atoms with Gasteiger partial charge in [-0.1, -0.05) is 73.4 Å². The van der Waals surface area contributed by atoms with E-state index in [-0.39, 0.29) is 12.1 Å². The Morgan fingerprint density at radius 3 is 2.03 bits per heavy atom. The van der Waals surface area contributed by atoms with Crippen molar-refractivity contribution in [2.24, 2.45) is 5.11 Å². The van der Waals surface area contributed by atoms with Crippen LogP contribution in [0.1, 0.15) is 44.0 Å². The molecule has 0 aromatic heterocycles. The lowest BCUT2D eigenvalue weighted by atomic mass is 9.92. The van der Waals surface area contributed by atoms with Gasteiger partial charge in [-0.3, -0.25) is 4.90 Å². The van der Waals surface area contributed by atoms with Gasteiger partial charge in [0.15, 0.2) is 0 Å². The molecule has 2 aromatic carbocycles. The van der Waals surface area contributed by atoms with Crippen LogP contribution in [0.2, 0.25) is 0 Å². The monoisotopic (exact) mass is 563 g/mol. The molecule has 1 heterocycles. The van der Waals surface area contributed by atoms with Crippen molar-refractivity contribution in [1.29, 1.82) is 0 Å². The zero-order chi connectivity index (χ0) is 23.3. The minimum atomic E-state index is -0.530. The summed E-state index contributed by atoms with van der Waals surface area (Å²) in [5.41, 5.74) is 10.8. The molecule has 1 aliphatic rings. The number of carbonyl (C=O) groups excluding carboxylic acids is 1. The molecule has 32 heavy (non-hydrogen) atoms. The SMILES string of the molecule is CC(C)(C)OC(=O)N1CCN([C@H](c2ccccc2Br)[C@@H](N=[N+]=[N-])c2ccccc2Br)CC1. The molecule has 2 aromatic rings. The van der Waals surface area contributed by atoms with E-state index in [2.05, 4.69) is 46.8 Å². The lowest BCUT2D eigenvalue weighted by Crippen LogP contribution is -2.51. The molecule has 0 spiro atoms. The minimum absolute atomic E-state index is 0.207. The first kappa shape index (κ1) is 24.6. The summed E-state index contributed by atoms with van der Waals surface area (Å²) in [4.78, 5) is 19.7. The number of carbonyl (C=O) groups is 1. The molecule has 2 atom stereocenters. The first-order valence-electron chi connectivity index (χ1n) is 10.5. The van der Waals surface area contributed by atoms with Gasteiger partial charge in [-0.25, -0.2) is 4.79 Å². The number of piperazine rings is 1. The number of halogens is 2. The molecule has 3 rings (SSSR count). The number of benzene rings is 2. The summed E-state index contributed by atoms with van der Waals surface area (Å²) in [5, 5.41) is 4.23. The van der Waals surface area contributed by atoms with E-state index in [1.807, 2.05) is 69.3 Å². The molecule has 1 aliphatic heterocycles. The third kappa shape index (κ3) is 6.04. The smallest absolute Gasteiger partial charge is 0.410 e. The Kier molecular flexibility index (Phi) is 8.22. The fourth-order valence-corrected chi connectivity index (χ4v) is 4.90. The van der Waals surface area contributed by atoms with Crippen molar-refractivity contribution in [1.82, 2.24) is 9.80 Å². The van der Waals surface area contributed by atoms with E-state index in [4.69, 9.17) is 4.74 Å². The third-order valence-electron chi connectivity index (χ3n) is 5.28. The second kappa shape index (κ2) is 10.7. The van der Waals surface area contributed by atoms with E-state index in [1.165, 1.54) is 0 Å². The minimum Gasteiger partial charge on any atom is -0.444 e. The summed E-state index contributed by atoms with van der Waals surface area (Å²) in [7, 11) is 0. The Bertz CT molecular complexity index is 996. The number of ether oxygens (including phenoxy) is 1. The van der Waals surface area contributed by atoms with E-state index in [1.54, 1.807) is 4.90 Å². The molecule has 0 saturated carbocycles. The van der Waals surface area contributed by atoms with Gasteiger partial charge in [0.05, 0.1) is 6.04 Å². The maximum absolute atomic E-state index is 12.5. The van der Waals surface area contributed by atoms with Crippen molar-refractivity contribution in [3.63, 3.8) is 0 Å². The molecule has 1 amide bonds. The topological polar surface area (TPSA) is 81.5 Å². The number of hydrogen-bond donors (Lipinski definition) is 0. The average Bonchev–Trinajstić information content (AvgIpc) is 2.74. The first-order valence-corrected chi connectivity index (χ1v) is 12.0. The van der Waals surface area contributed by atoms with Gasteiger partial charge < -0.3 is 9.64 Å². The largest absolute Gasteiger partial charge is 0.444 e. The van der Waals surface area contributed by atoms with Crippen molar-refractivity contribution in [3.8, 4) is 0 Å². The fourth-order valence-electron chi connectivity index (χ4n) is 3.86. The van der Waals surface area contributed by atoms with Crippen molar-refractivity contribution >= 4 is 38.0 Å². The van der Waals surface area contributed by atoms with Crippen molar-refractivity contribution in [2.75, 3.05) is 26.2 Å². The molecule has 1 saturated heterocycles. The second-order valence-corrected chi connectivity index (χ2v) is 10.3. The van der Waals surface area contributed by atoms with E-state index < -0.39 is 11.6 Å². The van der Waals surface area contributed by atoms with Gasteiger partial charge >= 0.3 is 6.09 Å². The molecule has 0 aliphatic carbocycles. The summed E-state index contributed by atoms with van der Waals surface area (Å²) < 4.78 is 7.38. The lowest BCUT2D eigenvalue weighted by molar-refractivity contribution is 0.00866. The van der Waals surface area contributed by atoms with Crippen LogP contribution in [-0.4, -0.2) is 47.7 Å². The first-order chi connectivity index (χ1) is 15.2. The lowest BCUT2D eigenvalue weighted by Gasteiger charge is -2.42. The maximum Gasteiger partial charge on any atom is 0.410 e. The molecular weight excluding hydrogens is 538 g/mol. The molecule has 0 radical (unpaired) electrons. The van der Waals surface area contributed by atoms with Crippen LogP contribution in [-0.2, 0) is 4.74 Å². The summed E-state index contributed by atoms with van der Waals surface area (Å²) in [6.07, 6.45) is -0.299. The zero-order valence-electron chi connectivity index (χ0n) is 18.4. The van der Waals surface area contributed by atoms with Gasteiger partial charge in [0.1, 0.15) is 5.60 Å². The maximum atomic E-state index is 12.5. The predicted molar refractivity (Wildman–Crippen MR) is 132 cm³/mol. The highest BCUT2D eigenvalue weighted by atomic mass is 79.9. The molecule has 170 valence electrons. The van der Waals surface area contributed by atoms with Crippen LogP contribution in [0.15, 0.2) is 62.6 Å². The molecule has 0 unspecified atom stereocenters. The van der Waals surface area contributed by atoms with Crippen LogP contribution in [0.5, 0.6) is 0 Å². The standard InChI is InChI=1S/C23H27Br2N5O2/c1-23(2,3)32-22(31)30-14-12-29(13-15-30)21(17-9-5-7-11-19(17)25)20(27-28-26)16-8-4-6-10-18(16)24/h4-11,20-21H,12-15H2,1-3H3/t20-,21+/m0/s1. The van der Waals surface area contributed by atoms with E-state index in [0.717, 1.165) is 20.1 Å². The number of azide groups is 1. The highest BCUT2D eigenvalue weighted by Crippen LogP contribution is 2.42. The Morgan fingerprint density at radius 1 is 1.00 bits per heavy atom. The van der Waals surface area contributed by atoms with Crippen molar-refractivity contribution < 1.29 is 9.53 Å². The Morgan fingerprint density at radius 2 is 1.53 bits per heavy atom. The van der Waals surface area contributed by atoms with Gasteiger partial charge in [0.2, 0.25) is 0 Å². The Labute approximate surface area is 205 Å². The van der Waals surface area contributed by atoms with Crippen molar-refractivity contribution in [3.05, 3.63) is 79.0 Å². The normalized spacial score (nSPS) is 16.7. The van der Waals surface area contributed by atoms with Crippen LogP contribution in [0, 0.1) is 0 Å². The van der Waals surface area contributed by atoms with Crippen LogP contribution < -0.4 is 0 Å². The molecule has 0 bridgehead atoms. The summed E-state index contributed by atoms with van der Waals surface area (Å²) in [5.74, 6) is 0.